The number of carbonyl (C=O) groups is 1. The average molecular weight is 380 g/mol. The Morgan fingerprint density at radius 2 is 1.62 bits per heavy atom. The van der Waals surface area contributed by atoms with Crippen LogP contribution in [-0.2, 0) is 10.0 Å². The third kappa shape index (κ3) is 4.51. The summed E-state index contributed by atoms with van der Waals surface area (Å²) < 4.78 is 44.3. The Balaban J connectivity index is 2.10. The summed E-state index contributed by atoms with van der Waals surface area (Å²) in [5.41, 5.74) is 0.942. The molecule has 0 heterocycles. The minimum Gasteiger partial charge on any atom is -0.494 e. The number of hydrogen-bond acceptors (Lipinski definition) is 4. The van der Waals surface area contributed by atoms with E-state index in [0.29, 0.717) is 11.3 Å². The molecule has 0 spiro atoms. The van der Waals surface area contributed by atoms with Crippen molar-refractivity contribution >= 4 is 27.3 Å². The molecule has 1 amide bonds. The van der Waals surface area contributed by atoms with Crippen molar-refractivity contribution in [2.24, 2.45) is 0 Å². The van der Waals surface area contributed by atoms with Crippen LogP contribution in [0.15, 0.2) is 42.5 Å². The molecule has 0 atom stereocenters. The van der Waals surface area contributed by atoms with Crippen molar-refractivity contribution in [2.45, 2.75) is 25.5 Å². The summed E-state index contributed by atoms with van der Waals surface area (Å²) in [6.45, 7) is 4.77. The van der Waals surface area contributed by atoms with Crippen molar-refractivity contribution in [1.82, 2.24) is 0 Å². The van der Waals surface area contributed by atoms with E-state index in [9.17, 15) is 17.6 Å². The van der Waals surface area contributed by atoms with Crippen molar-refractivity contribution in [3.05, 3.63) is 53.8 Å². The Bertz CT molecular complexity index is 904. The SMILES string of the molecule is COc1ccc(NC(=O)c2ccc(NS(=O)(=O)C(C)(C)C)cc2)cc1F. The van der Waals surface area contributed by atoms with Gasteiger partial charge in [-0.3, -0.25) is 9.52 Å². The van der Waals surface area contributed by atoms with Gasteiger partial charge in [-0.15, -0.1) is 0 Å². The number of halogens is 1. The van der Waals surface area contributed by atoms with Crippen LogP contribution >= 0.6 is 0 Å². The molecule has 0 aliphatic rings. The lowest BCUT2D eigenvalue weighted by Crippen LogP contribution is -2.33. The second kappa shape index (κ2) is 7.33. The number of sulfonamides is 1. The lowest BCUT2D eigenvalue weighted by molar-refractivity contribution is 0.102. The van der Waals surface area contributed by atoms with Crippen molar-refractivity contribution < 1.29 is 22.3 Å². The fraction of sp³-hybridized carbons (Fsp3) is 0.278. The van der Waals surface area contributed by atoms with Gasteiger partial charge in [0.25, 0.3) is 5.91 Å². The van der Waals surface area contributed by atoms with Crippen LogP contribution in [0.3, 0.4) is 0 Å². The van der Waals surface area contributed by atoms with Gasteiger partial charge in [-0.25, -0.2) is 12.8 Å². The highest BCUT2D eigenvalue weighted by Crippen LogP contribution is 2.22. The van der Waals surface area contributed by atoms with E-state index in [1.54, 1.807) is 20.8 Å². The number of rotatable bonds is 5. The first-order valence-electron chi connectivity index (χ1n) is 7.81. The largest absolute Gasteiger partial charge is 0.494 e. The molecule has 2 aromatic rings. The Labute approximate surface area is 152 Å². The predicted molar refractivity (Wildman–Crippen MR) is 99.6 cm³/mol. The standard InChI is InChI=1S/C18H21FN2O4S/c1-18(2,3)26(23,24)21-13-7-5-12(6-8-13)17(22)20-14-9-10-16(25-4)15(19)11-14/h5-11,21H,1-4H3,(H,20,22). The van der Waals surface area contributed by atoms with E-state index in [0.717, 1.165) is 6.07 Å². The third-order valence-electron chi connectivity index (χ3n) is 3.62. The molecule has 0 fully saturated rings. The van der Waals surface area contributed by atoms with Crippen LogP contribution in [0.4, 0.5) is 15.8 Å². The highest BCUT2D eigenvalue weighted by Gasteiger charge is 2.28. The molecule has 26 heavy (non-hydrogen) atoms. The van der Waals surface area contributed by atoms with Gasteiger partial charge in [0.05, 0.1) is 11.9 Å². The molecular weight excluding hydrogens is 359 g/mol. The molecule has 0 saturated carbocycles. The van der Waals surface area contributed by atoms with Gasteiger partial charge in [0, 0.05) is 23.0 Å². The monoisotopic (exact) mass is 380 g/mol. The van der Waals surface area contributed by atoms with Crippen LogP contribution in [0.25, 0.3) is 0 Å². The van der Waals surface area contributed by atoms with E-state index in [2.05, 4.69) is 10.0 Å². The minimum absolute atomic E-state index is 0.0819. The van der Waals surface area contributed by atoms with Crippen LogP contribution in [0.1, 0.15) is 31.1 Å². The van der Waals surface area contributed by atoms with Gasteiger partial charge in [-0.2, -0.15) is 0 Å². The molecule has 8 heteroatoms. The third-order valence-corrected chi connectivity index (χ3v) is 5.73. The zero-order valence-corrected chi connectivity index (χ0v) is 15.8. The number of benzene rings is 2. The van der Waals surface area contributed by atoms with E-state index in [1.165, 1.54) is 43.5 Å². The Kier molecular flexibility index (Phi) is 5.56. The van der Waals surface area contributed by atoms with Gasteiger partial charge in [0.2, 0.25) is 10.0 Å². The fourth-order valence-corrected chi connectivity index (χ4v) is 2.70. The van der Waals surface area contributed by atoms with Crippen LogP contribution in [0.2, 0.25) is 0 Å². The number of amides is 1. The first-order valence-corrected chi connectivity index (χ1v) is 9.29. The molecule has 0 radical (unpaired) electrons. The van der Waals surface area contributed by atoms with E-state index in [-0.39, 0.29) is 11.4 Å². The normalized spacial score (nSPS) is 11.7. The van der Waals surface area contributed by atoms with Gasteiger partial charge >= 0.3 is 0 Å². The van der Waals surface area contributed by atoms with Crippen molar-refractivity contribution in [3.63, 3.8) is 0 Å². The van der Waals surface area contributed by atoms with Crippen LogP contribution in [-0.4, -0.2) is 26.2 Å². The first kappa shape index (κ1) is 19.7. The molecule has 140 valence electrons. The van der Waals surface area contributed by atoms with Gasteiger partial charge in [-0.05, 0) is 57.2 Å². The molecule has 0 aliphatic carbocycles. The van der Waals surface area contributed by atoms with E-state index < -0.39 is 26.5 Å². The van der Waals surface area contributed by atoms with Gasteiger partial charge in [0.1, 0.15) is 0 Å². The Morgan fingerprint density at radius 1 is 1.04 bits per heavy atom. The predicted octanol–water partition coefficient (Wildman–Crippen LogP) is 3.63. The molecule has 0 aliphatic heterocycles. The number of nitrogens with one attached hydrogen (secondary N) is 2. The molecule has 2 aromatic carbocycles. The summed E-state index contributed by atoms with van der Waals surface area (Å²) in [5.74, 6) is -0.949. The topological polar surface area (TPSA) is 84.5 Å². The van der Waals surface area contributed by atoms with Gasteiger partial charge in [-0.1, -0.05) is 0 Å². The summed E-state index contributed by atoms with van der Waals surface area (Å²) in [7, 11) is -2.19. The van der Waals surface area contributed by atoms with Gasteiger partial charge < -0.3 is 10.1 Å². The van der Waals surface area contributed by atoms with Crippen LogP contribution < -0.4 is 14.8 Å². The average Bonchev–Trinajstić information content (AvgIpc) is 2.54. The summed E-state index contributed by atoms with van der Waals surface area (Å²) in [4.78, 5) is 12.2. The number of ether oxygens (including phenoxy) is 1. The quantitative estimate of drug-likeness (QED) is 0.830. The van der Waals surface area contributed by atoms with Crippen molar-refractivity contribution in [1.29, 1.82) is 0 Å². The molecule has 0 aromatic heterocycles. The lowest BCUT2D eigenvalue weighted by Gasteiger charge is -2.20. The van der Waals surface area contributed by atoms with E-state index >= 15 is 0 Å². The molecule has 0 saturated heterocycles. The highest BCUT2D eigenvalue weighted by molar-refractivity contribution is 7.94. The van der Waals surface area contributed by atoms with Crippen molar-refractivity contribution in [2.75, 3.05) is 17.1 Å². The highest BCUT2D eigenvalue weighted by atomic mass is 32.2. The summed E-state index contributed by atoms with van der Waals surface area (Å²) in [5, 5.41) is 2.57. The minimum atomic E-state index is -3.55. The molecule has 0 unspecified atom stereocenters. The Hall–Kier alpha value is -2.61. The molecule has 6 nitrogen and oxygen atoms in total. The molecule has 2 N–H and O–H groups in total. The summed E-state index contributed by atoms with van der Waals surface area (Å²) >= 11 is 0. The maximum atomic E-state index is 13.7. The summed E-state index contributed by atoms with van der Waals surface area (Å²) in [6, 6.07) is 10.0. The molecule has 0 bridgehead atoms. The number of anilines is 2. The number of methoxy groups -OCH3 is 1. The Morgan fingerprint density at radius 3 is 2.12 bits per heavy atom. The summed E-state index contributed by atoms with van der Waals surface area (Å²) in [6.07, 6.45) is 0. The van der Waals surface area contributed by atoms with E-state index in [4.69, 9.17) is 4.74 Å². The lowest BCUT2D eigenvalue weighted by atomic mass is 10.2. The van der Waals surface area contributed by atoms with Crippen molar-refractivity contribution in [3.8, 4) is 5.75 Å². The fourth-order valence-electron chi connectivity index (χ4n) is 1.95. The maximum absolute atomic E-state index is 13.7. The zero-order chi connectivity index (χ0) is 19.5. The number of hydrogen-bond donors (Lipinski definition) is 2. The number of carbonyl (C=O) groups excluding carboxylic acids is 1. The second-order valence-corrected chi connectivity index (χ2v) is 9.03. The zero-order valence-electron chi connectivity index (χ0n) is 15.0. The maximum Gasteiger partial charge on any atom is 0.255 e. The second-order valence-electron chi connectivity index (χ2n) is 6.60. The first-order chi connectivity index (χ1) is 12.0. The molecule has 2 rings (SSSR count). The van der Waals surface area contributed by atoms with Gasteiger partial charge in [0.15, 0.2) is 11.6 Å². The van der Waals surface area contributed by atoms with Crippen LogP contribution in [0.5, 0.6) is 5.75 Å². The van der Waals surface area contributed by atoms with Crippen LogP contribution in [0, 0.1) is 5.82 Å². The van der Waals surface area contributed by atoms with E-state index in [1.807, 2.05) is 0 Å². The molecular formula is C18H21FN2O4S. The smallest absolute Gasteiger partial charge is 0.255 e.